The molecule has 6 nitrogen and oxygen atoms in total. The van der Waals surface area contributed by atoms with Gasteiger partial charge in [-0.3, -0.25) is 14.4 Å². The number of hydrogen-bond donors (Lipinski definition) is 0. The first kappa shape index (κ1) is 64.4. The quantitative estimate of drug-likeness (QED) is 0.0343. The summed E-state index contributed by atoms with van der Waals surface area (Å²) in [5, 5.41) is 0. The van der Waals surface area contributed by atoms with Crippen molar-refractivity contribution in [3.63, 3.8) is 0 Å². The van der Waals surface area contributed by atoms with E-state index in [2.05, 4.69) is 34.6 Å². The van der Waals surface area contributed by atoms with E-state index in [0.717, 1.165) is 69.6 Å². The van der Waals surface area contributed by atoms with Crippen LogP contribution in [0.4, 0.5) is 0 Å². The monoisotopic (exact) mass is 933 g/mol. The Bertz CT molecular complexity index is 1010. The summed E-state index contributed by atoms with van der Waals surface area (Å²) in [5.41, 5.74) is 0. The lowest BCUT2D eigenvalue weighted by Gasteiger charge is -2.18. The van der Waals surface area contributed by atoms with Gasteiger partial charge in [0.1, 0.15) is 13.2 Å². The normalized spacial score (nSPS) is 12.0. The molecule has 1 atom stereocenters. The molecule has 0 fully saturated rings. The van der Waals surface area contributed by atoms with E-state index < -0.39 is 6.10 Å². The van der Waals surface area contributed by atoms with Crippen LogP contribution < -0.4 is 0 Å². The van der Waals surface area contributed by atoms with Crippen molar-refractivity contribution in [1.82, 2.24) is 0 Å². The van der Waals surface area contributed by atoms with Crippen LogP contribution in [0, 0.1) is 11.8 Å². The molecule has 392 valence electrons. The molecule has 0 aliphatic carbocycles. The third kappa shape index (κ3) is 53.4. The van der Waals surface area contributed by atoms with Gasteiger partial charge in [-0.2, -0.15) is 0 Å². The van der Waals surface area contributed by atoms with E-state index in [1.54, 1.807) is 0 Å². The SMILES string of the molecule is CCCCCCCCCCCCCCCCC(=O)O[C@@H](COC(=O)CCCCCCCCCCCCCCCCCCCCC(C)C)COC(=O)CCCCCCCCCCCCC(C)C. The third-order valence-electron chi connectivity index (χ3n) is 13.7. The van der Waals surface area contributed by atoms with Crippen LogP contribution in [0.1, 0.15) is 336 Å². The maximum atomic E-state index is 12.8. The van der Waals surface area contributed by atoms with Crippen LogP contribution in [0.15, 0.2) is 0 Å². The predicted octanol–water partition coefficient (Wildman–Crippen LogP) is 19.7. The number of carbonyl (C=O) groups excluding carboxylic acids is 3. The van der Waals surface area contributed by atoms with Crippen molar-refractivity contribution in [1.29, 1.82) is 0 Å². The van der Waals surface area contributed by atoms with Crippen LogP contribution in [0.5, 0.6) is 0 Å². The lowest BCUT2D eigenvalue weighted by Crippen LogP contribution is -2.30. The molecular formula is C60H116O6. The highest BCUT2D eigenvalue weighted by Crippen LogP contribution is 2.18. The van der Waals surface area contributed by atoms with Gasteiger partial charge < -0.3 is 14.2 Å². The number of rotatable bonds is 54. The number of hydrogen-bond acceptors (Lipinski definition) is 6. The minimum Gasteiger partial charge on any atom is -0.462 e. The molecule has 66 heavy (non-hydrogen) atoms. The minimum absolute atomic E-state index is 0.0625. The maximum Gasteiger partial charge on any atom is 0.306 e. The average molecular weight is 934 g/mol. The molecule has 0 radical (unpaired) electrons. The van der Waals surface area contributed by atoms with Crippen molar-refractivity contribution < 1.29 is 28.6 Å². The standard InChI is InChI=1S/C60H116O6/c1-6-7-8-9-10-11-12-13-21-25-32-37-42-47-52-60(63)66-57(54-65-59(62)51-46-41-36-31-27-26-29-34-39-44-49-56(4)5)53-64-58(61)50-45-40-35-30-24-22-19-17-15-14-16-18-20-23-28-33-38-43-48-55(2)3/h55-57H,6-54H2,1-5H3/t57-/m0/s1. The molecule has 0 spiro atoms. The Hall–Kier alpha value is -1.59. The van der Waals surface area contributed by atoms with Crippen LogP contribution >= 0.6 is 0 Å². The van der Waals surface area contributed by atoms with Gasteiger partial charge >= 0.3 is 17.9 Å². The van der Waals surface area contributed by atoms with E-state index >= 15 is 0 Å². The highest BCUT2D eigenvalue weighted by atomic mass is 16.6. The summed E-state index contributed by atoms with van der Waals surface area (Å²) < 4.78 is 16.9. The molecule has 0 saturated carbocycles. The smallest absolute Gasteiger partial charge is 0.306 e. The second-order valence-electron chi connectivity index (χ2n) is 21.6. The molecule has 0 rings (SSSR count). The number of carbonyl (C=O) groups is 3. The Morgan fingerprint density at radius 2 is 0.500 bits per heavy atom. The summed E-state index contributed by atoms with van der Waals surface area (Å²) >= 11 is 0. The van der Waals surface area contributed by atoms with Gasteiger partial charge in [-0.05, 0) is 31.1 Å². The first-order chi connectivity index (χ1) is 32.2. The fourth-order valence-corrected chi connectivity index (χ4v) is 9.23. The minimum atomic E-state index is -0.762. The van der Waals surface area contributed by atoms with E-state index in [-0.39, 0.29) is 31.1 Å². The van der Waals surface area contributed by atoms with E-state index in [9.17, 15) is 14.4 Å². The van der Waals surface area contributed by atoms with Crippen molar-refractivity contribution in [3.8, 4) is 0 Å². The summed E-state index contributed by atoms with van der Waals surface area (Å²) in [4.78, 5) is 38.1. The lowest BCUT2D eigenvalue weighted by molar-refractivity contribution is -0.167. The molecule has 0 heterocycles. The summed E-state index contributed by atoms with van der Waals surface area (Å²) in [6, 6.07) is 0. The Kier molecular flexibility index (Phi) is 51.5. The van der Waals surface area contributed by atoms with E-state index in [0.29, 0.717) is 19.3 Å². The molecule has 6 heteroatoms. The predicted molar refractivity (Wildman–Crippen MR) is 284 cm³/mol. The van der Waals surface area contributed by atoms with E-state index in [1.807, 2.05) is 0 Å². The van der Waals surface area contributed by atoms with E-state index in [4.69, 9.17) is 14.2 Å². The molecule has 0 aromatic rings. The largest absolute Gasteiger partial charge is 0.462 e. The van der Waals surface area contributed by atoms with Gasteiger partial charge in [0.2, 0.25) is 0 Å². The Morgan fingerprint density at radius 3 is 0.742 bits per heavy atom. The third-order valence-corrected chi connectivity index (χ3v) is 13.7. The Morgan fingerprint density at radius 1 is 0.288 bits per heavy atom. The van der Waals surface area contributed by atoms with Gasteiger partial charge in [-0.1, -0.05) is 298 Å². The van der Waals surface area contributed by atoms with Crippen molar-refractivity contribution in [2.45, 2.75) is 343 Å². The summed E-state index contributed by atoms with van der Waals surface area (Å²) in [7, 11) is 0. The zero-order valence-electron chi connectivity index (χ0n) is 45.3. The number of unbranched alkanes of at least 4 members (excludes halogenated alkanes) is 39. The van der Waals surface area contributed by atoms with Gasteiger partial charge in [0, 0.05) is 19.3 Å². The van der Waals surface area contributed by atoms with Crippen LogP contribution in [-0.4, -0.2) is 37.2 Å². The Labute approximate surface area is 412 Å². The molecule has 0 aromatic carbocycles. The van der Waals surface area contributed by atoms with E-state index in [1.165, 1.54) is 225 Å². The lowest BCUT2D eigenvalue weighted by atomic mass is 10.0. The average Bonchev–Trinajstić information content (AvgIpc) is 3.29. The molecule has 0 aliphatic rings. The first-order valence-electron chi connectivity index (χ1n) is 29.7. The molecule has 0 unspecified atom stereocenters. The second-order valence-corrected chi connectivity index (χ2v) is 21.6. The number of ether oxygens (including phenoxy) is 3. The van der Waals surface area contributed by atoms with Crippen molar-refractivity contribution in [2.75, 3.05) is 13.2 Å². The van der Waals surface area contributed by atoms with Crippen LogP contribution in [-0.2, 0) is 28.6 Å². The molecule has 0 amide bonds. The zero-order chi connectivity index (χ0) is 48.2. The molecule has 0 bridgehead atoms. The fraction of sp³-hybridized carbons (Fsp3) is 0.950. The first-order valence-corrected chi connectivity index (χ1v) is 29.7. The highest BCUT2D eigenvalue weighted by Gasteiger charge is 2.19. The van der Waals surface area contributed by atoms with Crippen molar-refractivity contribution >= 4 is 17.9 Å². The van der Waals surface area contributed by atoms with Gasteiger partial charge in [0.15, 0.2) is 6.10 Å². The van der Waals surface area contributed by atoms with Crippen molar-refractivity contribution in [3.05, 3.63) is 0 Å². The summed E-state index contributed by atoms with van der Waals surface area (Å²) in [6.45, 7) is 11.4. The second kappa shape index (κ2) is 52.8. The summed E-state index contributed by atoms with van der Waals surface area (Å²) in [6.07, 6.45) is 56.7. The van der Waals surface area contributed by atoms with Crippen LogP contribution in [0.25, 0.3) is 0 Å². The highest BCUT2D eigenvalue weighted by molar-refractivity contribution is 5.71. The summed E-state index contributed by atoms with van der Waals surface area (Å²) in [5.74, 6) is 0.840. The van der Waals surface area contributed by atoms with Crippen molar-refractivity contribution in [2.24, 2.45) is 11.8 Å². The molecule has 0 N–H and O–H groups in total. The molecule has 0 aromatic heterocycles. The topological polar surface area (TPSA) is 78.9 Å². The van der Waals surface area contributed by atoms with Gasteiger partial charge in [-0.25, -0.2) is 0 Å². The Balaban J connectivity index is 4.24. The molecular weight excluding hydrogens is 817 g/mol. The maximum absolute atomic E-state index is 12.8. The van der Waals surface area contributed by atoms with Gasteiger partial charge in [0.05, 0.1) is 0 Å². The van der Waals surface area contributed by atoms with Crippen LogP contribution in [0.3, 0.4) is 0 Å². The van der Waals surface area contributed by atoms with Gasteiger partial charge in [-0.15, -0.1) is 0 Å². The van der Waals surface area contributed by atoms with Gasteiger partial charge in [0.25, 0.3) is 0 Å². The number of esters is 3. The molecule has 0 saturated heterocycles. The molecule has 0 aliphatic heterocycles. The zero-order valence-corrected chi connectivity index (χ0v) is 45.3. The fourth-order valence-electron chi connectivity index (χ4n) is 9.23. The van der Waals surface area contributed by atoms with Crippen LogP contribution in [0.2, 0.25) is 0 Å².